The molecule has 0 bridgehead atoms. The smallest absolute Gasteiger partial charge is 0.335 e. The maximum atomic E-state index is 10.8. The summed E-state index contributed by atoms with van der Waals surface area (Å²) in [6, 6.07) is 16.7. The molecule has 4 nitrogen and oxygen atoms in total. The molecule has 0 aliphatic heterocycles. The van der Waals surface area contributed by atoms with Crippen LogP contribution in [0.25, 0.3) is 0 Å². The quantitative estimate of drug-likeness (QED) is 0.728. The normalized spacial score (nSPS) is 12.0. The third-order valence-corrected chi connectivity index (χ3v) is 3.34. The second-order valence-corrected chi connectivity index (χ2v) is 4.95. The van der Waals surface area contributed by atoms with Gasteiger partial charge in [-0.2, -0.15) is 0 Å². The molecule has 3 N–H and O–H groups in total. The summed E-state index contributed by atoms with van der Waals surface area (Å²) in [5.74, 6) is -0.924. The summed E-state index contributed by atoms with van der Waals surface area (Å²) in [5, 5.41) is 21.6. The summed E-state index contributed by atoms with van der Waals surface area (Å²) in [5.41, 5.74) is 2.44. The van der Waals surface area contributed by atoms with E-state index in [0.29, 0.717) is 6.54 Å². The lowest BCUT2D eigenvalue weighted by Gasteiger charge is -2.16. The molecule has 0 saturated heterocycles. The Morgan fingerprint density at radius 1 is 1.00 bits per heavy atom. The van der Waals surface area contributed by atoms with E-state index >= 15 is 0 Å². The van der Waals surface area contributed by atoms with Gasteiger partial charge in [0.1, 0.15) is 0 Å². The molecule has 0 aliphatic carbocycles. The van der Waals surface area contributed by atoms with Gasteiger partial charge in [-0.25, -0.2) is 4.79 Å². The topological polar surface area (TPSA) is 69.6 Å². The summed E-state index contributed by atoms with van der Waals surface area (Å²) in [4.78, 5) is 10.8. The number of hydrogen-bond donors (Lipinski definition) is 3. The largest absolute Gasteiger partial charge is 0.478 e. The predicted octanol–water partition coefficient (Wildman–Crippen LogP) is 2.08. The lowest BCUT2D eigenvalue weighted by atomic mass is 10.1. The van der Waals surface area contributed by atoms with Crippen LogP contribution in [0.2, 0.25) is 0 Å². The number of carboxylic acids is 1. The van der Waals surface area contributed by atoms with E-state index in [1.807, 2.05) is 30.3 Å². The average molecular weight is 285 g/mol. The first kappa shape index (κ1) is 15.2. The summed E-state index contributed by atoms with van der Waals surface area (Å²) in [7, 11) is 0. The molecule has 0 amide bonds. The van der Waals surface area contributed by atoms with Crippen LogP contribution in [0.3, 0.4) is 0 Å². The van der Waals surface area contributed by atoms with E-state index in [4.69, 9.17) is 5.11 Å². The van der Waals surface area contributed by atoms with Crippen molar-refractivity contribution in [3.05, 3.63) is 71.3 Å². The van der Waals surface area contributed by atoms with E-state index in [1.54, 1.807) is 24.3 Å². The van der Waals surface area contributed by atoms with Crippen molar-refractivity contribution in [1.82, 2.24) is 5.32 Å². The summed E-state index contributed by atoms with van der Waals surface area (Å²) < 4.78 is 0. The summed E-state index contributed by atoms with van der Waals surface area (Å²) in [6.07, 6.45) is 0.755. The Morgan fingerprint density at radius 2 is 1.67 bits per heavy atom. The van der Waals surface area contributed by atoms with Gasteiger partial charge < -0.3 is 15.5 Å². The zero-order valence-electron chi connectivity index (χ0n) is 11.7. The Kier molecular flexibility index (Phi) is 5.49. The highest BCUT2D eigenvalue weighted by Crippen LogP contribution is 2.07. The van der Waals surface area contributed by atoms with Crippen molar-refractivity contribution in [1.29, 1.82) is 0 Å². The Morgan fingerprint density at radius 3 is 2.24 bits per heavy atom. The van der Waals surface area contributed by atoms with Gasteiger partial charge in [0.25, 0.3) is 0 Å². The first-order valence-electron chi connectivity index (χ1n) is 6.89. The van der Waals surface area contributed by atoms with Crippen molar-refractivity contribution < 1.29 is 15.0 Å². The highest BCUT2D eigenvalue weighted by Gasteiger charge is 2.08. The average Bonchev–Trinajstić information content (AvgIpc) is 2.52. The van der Waals surface area contributed by atoms with Gasteiger partial charge >= 0.3 is 5.97 Å². The molecule has 0 aromatic heterocycles. The second-order valence-electron chi connectivity index (χ2n) is 4.95. The molecule has 0 spiro atoms. The van der Waals surface area contributed by atoms with E-state index in [9.17, 15) is 9.90 Å². The number of carbonyl (C=O) groups is 1. The second kappa shape index (κ2) is 7.57. The molecular weight excluding hydrogens is 266 g/mol. The molecule has 1 atom stereocenters. The van der Waals surface area contributed by atoms with E-state index in [0.717, 1.165) is 12.0 Å². The minimum absolute atomic E-state index is 0.0217. The molecule has 0 unspecified atom stereocenters. The van der Waals surface area contributed by atoms with Gasteiger partial charge in [0, 0.05) is 12.6 Å². The van der Waals surface area contributed by atoms with Crippen LogP contribution >= 0.6 is 0 Å². The highest BCUT2D eigenvalue weighted by molar-refractivity contribution is 5.87. The zero-order valence-corrected chi connectivity index (χ0v) is 11.7. The molecule has 4 heteroatoms. The number of aliphatic hydroxyl groups is 1. The molecule has 2 aromatic carbocycles. The third-order valence-electron chi connectivity index (χ3n) is 3.34. The zero-order chi connectivity index (χ0) is 15.1. The molecule has 110 valence electrons. The van der Waals surface area contributed by atoms with Crippen molar-refractivity contribution >= 4 is 5.97 Å². The predicted molar refractivity (Wildman–Crippen MR) is 81.3 cm³/mol. The minimum Gasteiger partial charge on any atom is -0.478 e. The summed E-state index contributed by atoms with van der Waals surface area (Å²) in [6.45, 7) is 0.653. The number of benzene rings is 2. The molecule has 0 saturated carbocycles. The van der Waals surface area contributed by atoms with Crippen molar-refractivity contribution in [3.8, 4) is 0 Å². The van der Waals surface area contributed by atoms with Crippen LogP contribution in [0.5, 0.6) is 0 Å². The fourth-order valence-electron chi connectivity index (χ4n) is 2.13. The molecule has 21 heavy (non-hydrogen) atoms. The van der Waals surface area contributed by atoms with Crippen LogP contribution in [0, 0.1) is 0 Å². The maximum absolute atomic E-state index is 10.8. The van der Waals surface area contributed by atoms with Gasteiger partial charge in [-0.1, -0.05) is 42.5 Å². The Balaban J connectivity index is 1.89. The van der Waals surface area contributed by atoms with Gasteiger partial charge in [0.05, 0.1) is 12.2 Å². The fourth-order valence-corrected chi connectivity index (χ4v) is 2.13. The van der Waals surface area contributed by atoms with Crippen LogP contribution < -0.4 is 5.32 Å². The van der Waals surface area contributed by atoms with Crippen LogP contribution in [0.4, 0.5) is 0 Å². The third kappa shape index (κ3) is 4.70. The Hall–Kier alpha value is -2.17. The fraction of sp³-hybridized carbons (Fsp3) is 0.235. The Bertz CT molecular complexity index is 566. The van der Waals surface area contributed by atoms with Crippen molar-refractivity contribution in [2.24, 2.45) is 0 Å². The number of aromatic carboxylic acids is 1. The molecule has 2 aromatic rings. The van der Waals surface area contributed by atoms with E-state index < -0.39 is 5.97 Å². The van der Waals surface area contributed by atoms with Gasteiger partial charge in [-0.05, 0) is 29.7 Å². The van der Waals surface area contributed by atoms with Crippen LogP contribution in [-0.4, -0.2) is 28.8 Å². The van der Waals surface area contributed by atoms with Crippen molar-refractivity contribution in [2.75, 3.05) is 6.61 Å². The monoisotopic (exact) mass is 285 g/mol. The molecule has 0 heterocycles. The van der Waals surface area contributed by atoms with E-state index in [2.05, 4.69) is 5.32 Å². The lowest BCUT2D eigenvalue weighted by molar-refractivity contribution is 0.0697. The number of carboxylic acid groups (broad SMARTS) is 1. The maximum Gasteiger partial charge on any atom is 0.335 e. The highest BCUT2D eigenvalue weighted by atomic mass is 16.4. The number of nitrogens with one attached hydrogen (secondary N) is 1. The van der Waals surface area contributed by atoms with Gasteiger partial charge in [0.15, 0.2) is 0 Å². The summed E-state index contributed by atoms with van der Waals surface area (Å²) >= 11 is 0. The number of hydrogen-bond acceptors (Lipinski definition) is 3. The van der Waals surface area contributed by atoms with Crippen LogP contribution in [0.1, 0.15) is 21.5 Å². The van der Waals surface area contributed by atoms with E-state index in [1.165, 1.54) is 5.56 Å². The first-order chi connectivity index (χ1) is 10.2. The molecule has 0 radical (unpaired) electrons. The van der Waals surface area contributed by atoms with Crippen molar-refractivity contribution in [2.45, 2.75) is 19.0 Å². The standard InChI is InChI=1S/C17H19NO3/c19-12-16(10-13-4-2-1-3-5-13)18-11-14-6-8-15(9-7-14)17(20)21/h1-9,16,18-19H,10-12H2,(H,20,21)/t16-/m1/s1. The first-order valence-corrected chi connectivity index (χ1v) is 6.89. The van der Waals surface area contributed by atoms with Gasteiger partial charge in [-0.3, -0.25) is 0 Å². The van der Waals surface area contributed by atoms with Crippen LogP contribution in [-0.2, 0) is 13.0 Å². The number of rotatable bonds is 7. The van der Waals surface area contributed by atoms with Crippen molar-refractivity contribution in [3.63, 3.8) is 0 Å². The molecular formula is C17H19NO3. The number of aliphatic hydroxyl groups excluding tert-OH is 1. The van der Waals surface area contributed by atoms with Crippen LogP contribution in [0.15, 0.2) is 54.6 Å². The molecule has 2 rings (SSSR count). The van der Waals surface area contributed by atoms with E-state index in [-0.39, 0.29) is 18.2 Å². The Labute approximate surface area is 124 Å². The lowest BCUT2D eigenvalue weighted by Crippen LogP contribution is -2.34. The SMILES string of the molecule is O=C(O)c1ccc(CN[C@@H](CO)Cc2ccccc2)cc1. The molecule has 0 fully saturated rings. The van der Waals surface area contributed by atoms with Gasteiger partial charge in [0.2, 0.25) is 0 Å². The minimum atomic E-state index is -0.924. The molecule has 0 aliphatic rings. The van der Waals surface area contributed by atoms with Gasteiger partial charge in [-0.15, -0.1) is 0 Å².